The van der Waals surface area contributed by atoms with Crippen molar-refractivity contribution in [1.29, 1.82) is 0 Å². The monoisotopic (exact) mass is 606 g/mol. The third-order valence-corrected chi connectivity index (χ3v) is 7.66. The number of benzene rings is 3. The molecule has 2 aliphatic rings. The van der Waals surface area contributed by atoms with Gasteiger partial charge in [-0.25, -0.2) is 13.2 Å². The van der Waals surface area contributed by atoms with Gasteiger partial charge in [0.15, 0.2) is 17.3 Å². The molecule has 1 spiro atoms. The number of methoxy groups -OCH3 is 1. The standard InChI is InChI=1S/C30H24F6N2O5/c1-16(30(34,35)36)38(13-17-3-6-20(31)7-4-17)27(40)14-37-15-43-29(28(37)41)22-8-5-18(9-19(22)10-26(29)39)21-11-24(33)25(42-2)12-23(21)32/h3-9,11-12,16H,10,13-15H2,1-2H3/t16-,29+/m0/s1. The Morgan fingerprint density at radius 1 is 1.05 bits per heavy atom. The van der Waals surface area contributed by atoms with E-state index in [0.717, 1.165) is 36.1 Å². The molecule has 1 saturated heterocycles. The number of hydrogen-bond donors (Lipinski definition) is 0. The molecule has 7 nitrogen and oxygen atoms in total. The third-order valence-electron chi connectivity index (χ3n) is 7.66. The summed E-state index contributed by atoms with van der Waals surface area (Å²) in [5.41, 5.74) is -1.34. The van der Waals surface area contributed by atoms with E-state index in [2.05, 4.69) is 0 Å². The molecule has 2 atom stereocenters. The molecule has 13 heteroatoms. The number of halogens is 6. The van der Waals surface area contributed by atoms with Gasteiger partial charge in [-0.1, -0.05) is 30.3 Å². The Hall–Kier alpha value is -4.39. The molecule has 0 saturated carbocycles. The number of amides is 2. The third kappa shape index (κ3) is 5.33. The van der Waals surface area contributed by atoms with Crippen LogP contribution < -0.4 is 4.74 Å². The Balaban J connectivity index is 1.40. The summed E-state index contributed by atoms with van der Waals surface area (Å²) in [6.07, 6.45) is -5.09. The van der Waals surface area contributed by atoms with Crippen molar-refractivity contribution in [2.75, 3.05) is 20.4 Å². The van der Waals surface area contributed by atoms with E-state index in [1.165, 1.54) is 37.4 Å². The largest absolute Gasteiger partial charge is 0.494 e. The van der Waals surface area contributed by atoms with Crippen LogP contribution in [0.4, 0.5) is 26.3 Å². The van der Waals surface area contributed by atoms with Crippen LogP contribution in [0.3, 0.4) is 0 Å². The van der Waals surface area contributed by atoms with Gasteiger partial charge in [0.25, 0.3) is 5.91 Å². The maximum Gasteiger partial charge on any atom is 0.408 e. The van der Waals surface area contributed by atoms with E-state index in [-0.39, 0.29) is 34.4 Å². The Morgan fingerprint density at radius 2 is 1.74 bits per heavy atom. The van der Waals surface area contributed by atoms with Crippen molar-refractivity contribution in [3.8, 4) is 16.9 Å². The molecule has 1 aliphatic carbocycles. The van der Waals surface area contributed by atoms with Crippen molar-refractivity contribution in [3.05, 3.63) is 88.7 Å². The lowest BCUT2D eigenvalue weighted by Gasteiger charge is -2.32. The Labute approximate surface area is 241 Å². The number of fused-ring (bicyclic) bond motifs is 2. The molecule has 43 heavy (non-hydrogen) atoms. The predicted molar refractivity (Wildman–Crippen MR) is 139 cm³/mol. The van der Waals surface area contributed by atoms with Crippen molar-refractivity contribution < 1.29 is 50.2 Å². The predicted octanol–water partition coefficient (Wildman–Crippen LogP) is 4.90. The minimum atomic E-state index is -4.80. The van der Waals surface area contributed by atoms with E-state index in [9.17, 15) is 40.7 Å². The average molecular weight is 607 g/mol. The van der Waals surface area contributed by atoms with Gasteiger partial charge in [0.1, 0.15) is 31.0 Å². The molecule has 0 radical (unpaired) electrons. The lowest BCUT2D eigenvalue weighted by molar-refractivity contribution is -0.187. The highest BCUT2D eigenvalue weighted by Crippen LogP contribution is 2.44. The van der Waals surface area contributed by atoms with Crippen molar-refractivity contribution >= 4 is 17.6 Å². The molecule has 1 fully saturated rings. The van der Waals surface area contributed by atoms with E-state index in [1.54, 1.807) is 0 Å². The van der Waals surface area contributed by atoms with Crippen molar-refractivity contribution in [2.45, 2.75) is 37.7 Å². The van der Waals surface area contributed by atoms with Gasteiger partial charge >= 0.3 is 6.18 Å². The SMILES string of the molecule is COc1cc(F)c(-c2ccc3c(c2)CC(=O)[C@]32OCN(CC(=O)N(Cc3ccc(F)cc3)[C@@H](C)C(F)(F)F)C2=O)cc1F. The van der Waals surface area contributed by atoms with Crippen LogP contribution in [0.5, 0.6) is 5.75 Å². The van der Waals surface area contributed by atoms with Gasteiger partial charge in [-0.05, 0) is 41.8 Å². The molecule has 0 bridgehead atoms. The van der Waals surface area contributed by atoms with Crippen molar-refractivity contribution in [1.82, 2.24) is 9.80 Å². The lowest BCUT2D eigenvalue weighted by atomic mass is 9.92. The number of Topliss-reactive ketones (excluding diaryl/α,β-unsaturated/α-hetero) is 1. The van der Waals surface area contributed by atoms with Gasteiger partial charge in [-0.15, -0.1) is 0 Å². The zero-order chi connectivity index (χ0) is 31.3. The second-order valence-corrected chi connectivity index (χ2v) is 10.3. The smallest absolute Gasteiger partial charge is 0.408 e. The van der Waals surface area contributed by atoms with Gasteiger partial charge in [0.05, 0.1) is 7.11 Å². The number of hydrogen-bond acceptors (Lipinski definition) is 5. The van der Waals surface area contributed by atoms with Crippen LogP contribution >= 0.6 is 0 Å². The van der Waals surface area contributed by atoms with Crippen LogP contribution in [0.1, 0.15) is 23.6 Å². The van der Waals surface area contributed by atoms with E-state index in [0.29, 0.717) is 10.5 Å². The van der Waals surface area contributed by atoms with Crippen LogP contribution in [-0.4, -0.2) is 60.0 Å². The van der Waals surface area contributed by atoms with Gasteiger partial charge < -0.3 is 19.3 Å². The van der Waals surface area contributed by atoms with Crippen molar-refractivity contribution in [2.24, 2.45) is 0 Å². The van der Waals surface area contributed by atoms with Gasteiger partial charge in [-0.3, -0.25) is 14.4 Å². The topological polar surface area (TPSA) is 76.2 Å². The zero-order valence-electron chi connectivity index (χ0n) is 22.8. The minimum Gasteiger partial charge on any atom is -0.494 e. The highest BCUT2D eigenvalue weighted by molar-refractivity contribution is 6.15. The Morgan fingerprint density at radius 3 is 2.40 bits per heavy atom. The van der Waals surface area contributed by atoms with Crippen LogP contribution in [-0.2, 0) is 37.7 Å². The molecule has 1 heterocycles. The van der Waals surface area contributed by atoms with E-state index >= 15 is 0 Å². The molecule has 0 unspecified atom stereocenters. The Bertz CT molecular complexity index is 1610. The van der Waals surface area contributed by atoms with Crippen molar-refractivity contribution in [3.63, 3.8) is 0 Å². The van der Waals surface area contributed by atoms with Crippen LogP contribution in [0.2, 0.25) is 0 Å². The van der Waals surface area contributed by atoms with E-state index in [1.807, 2.05) is 0 Å². The molecule has 3 aromatic carbocycles. The first-order valence-electron chi connectivity index (χ1n) is 13.0. The summed E-state index contributed by atoms with van der Waals surface area (Å²) in [5, 5.41) is 0. The summed E-state index contributed by atoms with van der Waals surface area (Å²) in [7, 11) is 1.19. The maximum atomic E-state index is 14.7. The Kier molecular flexibility index (Phi) is 7.71. The number of carbonyl (C=O) groups is 3. The highest BCUT2D eigenvalue weighted by Gasteiger charge is 2.59. The number of carbonyl (C=O) groups excluding carboxylic acids is 3. The summed E-state index contributed by atoms with van der Waals surface area (Å²) in [6.45, 7) is -1.10. The molecular formula is C30H24F6N2O5. The first kappa shape index (κ1) is 30.1. The van der Waals surface area contributed by atoms with Crippen LogP contribution in [0.25, 0.3) is 11.1 Å². The number of rotatable bonds is 7. The number of ketones is 1. The lowest BCUT2D eigenvalue weighted by Crippen LogP contribution is -2.51. The van der Waals surface area contributed by atoms with Gasteiger partial charge in [-0.2, -0.15) is 13.2 Å². The van der Waals surface area contributed by atoms with Crippen LogP contribution in [0.15, 0.2) is 54.6 Å². The summed E-state index contributed by atoms with van der Waals surface area (Å²) >= 11 is 0. The number of nitrogens with zero attached hydrogens (tertiary/aromatic N) is 2. The first-order valence-corrected chi connectivity index (χ1v) is 13.0. The van der Waals surface area contributed by atoms with Crippen LogP contribution in [0, 0.1) is 17.5 Å². The fourth-order valence-electron chi connectivity index (χ4n) is 5.29. The molecule has 5 rings (SSSR count). The molecule has 3 aromatic rings. The normalized spacial score (nSPS) is 18.7. The highest BCUT2D eigenvalue weighted by atomic mass is 19.4. The molecular weight excluding hydrogens is 582 g/mol. The minimum absolute atomic E-state index is 0.111. The van der Waals surface area contributed by atoms with Gasteiger partial charge in [0.2, 0.25) is 11.5 Å². The summed E-state index contributed by atoms with van der Waals surface area (Å²) in [4.78, 5) is 41.3. The second-order valence-electron chi connectivity index (χ2n) is 10.3. The summed E-state index contributed by atoms with van der Waals surface area (Å²) < 4.78 is 93.7. The number of alkyl halides is 3. The fourth-order valence-corrected chi connectivity index (χ4v) is 5.29. The number of ether oxygens (including phenoxy) is 2. The second kappa shape index (κ2) is 11.0. The summed E-state index contributed by atoms with van der Waals surface area (Å²) in [5.74, 6) is -5.17. The van der Waals surface area contributed by atoms with E-state index < -0.39 is 72.7 Å². The fraction of sp³-hybridized carbons (Fsp3) is 0.300. The van der Waals surface area contributed by atoms with Gasteiger partial charge in [0, 0.05) is 30.2 Å². The molecule has 1 aliphatic heterocycles. The average Bonchev–Trinajstić information content (AvgIpc) is 3.43. The van der Waals surface area contributed by atoms with E-state index in [4.69, 9.17) is 9.47 Å². The summed E-state index contributed by atoms with van der Waals surface area (Å²) in [6, 6.07) is 8.32. The quantitative estimate of drug-likeness (QED) is 0.283. The first-order chi connectivity index (χ1) is 20.3. The maximum absolute atomic E-state index is 14.7. The molecule has 2 amide bonds. The molecule has 0 N–H and O–H groups in total. The molecule has 0 aromatic heterocycles. The molecule has 226 valence electrons. The zero-order valence-corrected chi connectivity index (χ0v) is 22.8.